The summed E-state index contributed by atoms with van der Waals surface area (Å²) in [5.41, 5.74) is 2.44. The van der Waals surface area contributed by atoms with Crippen LogP contribution in [0, 0.1) is 0 Å². The number of nitrogens with one attached hydrogen (secondary N) is 1. The molecule has 1 atom stereocenters. The number of hydrogen-bond donors (Lipinski definition) is 1. The van der Waals surface area contributed by atoms with Gasteiger partial charge in [0.25, 0.3) is 0 Å². The molecule has 0 radical (unpaired) electrons. The maximum atomic E-state index is 5.92. The first-order chi connectivity index (χ1) is 10.3. The van der Waals surface area contributed by atoms with Gasteiger partial charge < -0.3 is 15.0 Å². The van der Waals surface area contributed by atoms with Crippen LogP contribution in [0.5, 0.6) is 5.75 Å². The van der Waals surface area contributed by atoms with E-state index in [1.165, 1.54) is 11.3 Å². The predicted molar refractivity (Wildman–Crippen MR) is 101 cm³/mol. The van der Waals surface area contributed by atoms with Gasteiger partial charge in [0.15, 0.2) is 0 Å². The molecule has 23 heavy (non-hydrogen) atoms. The van der Waals surface area contributed by atoms with Crippen LogP contribution in [0.25, 0.3) is 0 Å². The molecule has 2 aromatic carbocycles. The van der Waals surface area contributed by atoms with Gasteiger partial charge in [0.05, 0.1) is 0 Å². The van der Waals surface area contributed by atoms with Crippen molar-refractivity contribution >= 4 is 30.5 Å². The Morgan fingerprint density at radius 2 is 1.87 bits per heavy atom. The number of anilines is 1. The van der Waals surface area contributed by atoms with Gasteiger partial charge in [0, 0.05) is 37.4 Å². The summed E-state index contributed by atoms with van der Waals surface area (Å²) < 4.78 is 5.92. The fourth-order valence-electron chi connectivity index (χ4n) is 2.72. The Kier molecular flexibility index (Phi) is 8.24. The van der Waals surface area contributed by atoms with E-state index in [-0.39, 0.29) is 24.8 Å². The zero-order valence-electron chi connectivity index (χ0n) is 13.3. The van der Waals surface area contributed by atoms with E-state index in [9.17, 15) is 0 Å². The van der Waals surface area contributed by atoms with Crippen LogP contribution < -0.4 is 15.0 Å². The maximum Gasteiger partial charge on any atom is 0.121 e. The standard InChI is InChI=1S/C18H22N2O.2ClH/c1-15-13-19-10-11-20(15)17-8-5-9-18(12-17)21-14-16-6-3-2-4-7-16;;/h2-9,12,15,19H,10-11,13-14H2,1H3;2*1H/t15-;;/m1../s1. The predicted octanol–water partition coefficient (Wildman–Crippen LogP) is 3.91. The Bertz CT molecular complexity index is 580. The van der Waals surface area contributed by atoms with Gasteiger partial charge in [0.1, 0.15) is 12.4 Å². The lowest BCUT2D eigenvalue weighted by molar-refractivity contribution is 0.306. The van der Waals surface area contributed by atoms with Gasteiger partial charge in [-0.25, -0.2) is 0 Å². The average molecular weight is 355 g/mol. The zero-order chi connectivity index (χ0) is 14.5. The molecule has 0 aromatic heterocycles. The largest absolute Gasteiger partial charge is 0.489 e. The molecule has 0 amide bonds. The Morgan fingerprint density at radius 1 is 1.09 bits per heavy atom. The Hall–Kier alpha value is -1.42. The number of halogens is 2. The van der Waals surface area contributed by atoms with Crippen molar-refractivity contribution in [3.63, 3.8) is 0 Å². The number of ether oxygens (including phenoxy) is 1. The Labute approximate surface area is 150 Å². The van der Waals surface area contributed by atoms with Crippen molar-refractivity contribution < 1.29 is 4.74 Å². The number of piperazine rings is 1. The summed E-state index contributed by atoms with van der Waals surface area (Å²) in [4.78, 5) is 2.44. The second-order valence-corrected chi connectivity index (χ2v) is 5.52. The minimum Gasteiger partial charge on any atom is -0.489 e. The van der Waals surface area contributed by atoms with Crippen molar-refractivity contribution in [3.05, 3.63) is 60.2 Å². The first kappa shape index (κ1) is 19.6. The van der Waals surface area contributed by atoms with E-state index >= 15 is 0 Å². The van der Waals surface area contributed by atoms with E-state index in [0.29, 0.717) is 12.6 Å². The van der Waals surface area contributed by atoms with Crippen molar-refractivity contribution in [2.75, 3.05) is 24.5 Å². The molecule has 0 bridgehead atoms. The lowest BCUT2D eigenvalue weighted by atomic mass is 10.1. The first-order valence-electron chi connectivity index (χ1n) is 7.57. The quantitative estimate of drug-likeness (QED) is 0.900. The average Bonchev–Trinajstić information content (AvgIpc) is 2.55. The van der Waals surface area contributed by atoms with E-state index in [4.69, 9.17) is 4.74 Å². The van der Waals surface area contributed by atoms with E-state index in [0.717, 1.165) is 25.4 Å². The molecule has 0 unspecified atom stereocenters. The third-order valence-corrected chi connectivity index (χ3v) is 3.90. The topological polar surface area (TPSA) is 24.5 Å². The van der Waals surface area contributed by atoms with Crippen LogP contribution in [0.15, 0.2) is 54.6 Å². The minimum absolute atomic E-state index is 0. The van der Waals surface area contributed by atoms with Gasteiger partial charge in [0.2, 0.25) is 0 Å². The van der Waals surface area contributed by atoms with Crippen molar-refractivity contribution in [2.45, 2.75) is 19.6 Å². The summed E-state index contributed by atoms with van der Waals surface area (Å²) in [6.45, 7) is 5.99. The molecule has 126 valence electrons. The van der Waals surface area contributed by atoms with Crippen molar-refractivity contribution in [1.29, 1.82) is 0 Å². The summed E-state index contributed by atoms with van der Waals surface area (Å²) in [5.74, 6) is 0.932. The SMILES string of the molecule is C[C@@H]1CNCCN1c1cccc(OCc2ccccc2)c1.Cl.Cl. The molecule has 0 spiro atoms. The third-order valence-electron chi connectivity index (χ3n) is 3.90. The highest BCUT2D eigenvalue weighted by Gasteiger charge is 2.18. The van der Waals surface area contributed by atoms with Gasteiger partial charge in [-0.3, -0.25) is 0 Å². The third kappa shape index (κ3) is 5.31. The number of nitrogens with zero attached hydrogens (tertiary/aromatic N) is 1. The van der Waals surface area contributed by atoms with E-state index in [1.807, 2.05) is 24.3 Å². The molecule has 3 rings (SSSR count). The monoisotopic (exact) mass is 354 g/mol. The summed E-state index contributed by atoms with van der Waals surface area (Å²) >= 11 is 0. The molecular weight excluding hydrogens is 331 g/mol. The van der Waals surface area contributed by atoms with Crippen LogP contribution in [-0.2, 0) is 6.61 Å². The van der Waals surface area contributed by atoms with Crippen LogP contribution >= 0.6 is 24.8 Å². The smallest absolute Gasteiger partial charge is 0.121 e. The molecule has 3 nitrogen and oxygen atoms in total. The van der Waals surface area contributed by atoms with E-state index in [2.05, 4.69) is 47.5 Å². The molecular formula is C18H24Cl2N2O. The zero-order valence-corrected chi connectivity index (χ0v) is 14.9. The normalized spacial score (nSPS) is 16.9. The van der Waals surface area contributed by atoms with Gasteiger partial charge >= 0.3 is 0 Å². The summed E-state index contributed by atoms with van der Waals surface area (Å²) in [5, 5.41) is 3.42. The second-order valence-electron chi connectivity index (χ2n) is 5.52. The van der Waals surface area contributed by atoms with Crippen LogP contribution in [0.1, 0.15) is 12.5 Å². The van der Waals surface area contributed by atoms with Gasteiger partial charge in [-0.2, -0.15) is 0 Å². The molecule has 1 heterocycles. The second kappa shape index (κ2) is 9.66. The van der Waals surface area contributed by atoms with Crippen LogP contribution in [-0.4, -0.2) is 25.7 Å². The lowest BCUT2D eigenvalue weighted by Crippen LogP contribution is -2.49. The fourth-order valence-corrected chi connectivity index (χ4v) is 2.72. The van der Waals surface area contributed by atoms with E-state index < -0.39 is 0 Å². The highest BCUT2D eigenvalue weighted by atomic mass is 35.5. The molecule has 5 heteroatoms. The van der Waals surface area contributed by atoms with Crippen molar-refractivity contribution in [3.8, 4) is 5.75 Å². The molecule has 0 aliphatic carbocycles. The Morgan fingerprint density at radius 3 is 2.61 bits per heavy atom. The van der Waals surface area contributed by atoms with Gasteiger partial charge in [-0.15, -0.1) is 24.8 Å². The summed E-state index contributed by atoms with van der Waals surface area (Å²) in [6.07, 6.45) is 0. The molecule has 1 saturated heterocycles. The number of benzene rings is 2. The lowest BCUT2D eigenvalue weighted by Gasteiger charge is -2.36. The Balaban J connectivity index is 0.00000132. The van der Waals surface area contributed by atoms with Gasteiger partial charge in [-0.1, -0.05) is 36.4 Å². The molecule has 1 aliphatic rings. The van der Waals surface area contributed by atoms with Crippen LogP contribution in [0.3, 0.4) is 0 Å². The summed E-state index contributed by atoms with van der Waals surface area (Å²) in [6, 6.07) is 19.2. The minimum atomic E-state index is 0. The molecule has 1 aliphatic heterocycles. The molecule has 0 saturated carbocycles. The van der Waals surface area contributed by atoms with Crippen molar-refractivity contribution in [2.24, 2.45) is 0 Å². The van der Waals surface area contributed by atoms with Crippen LogP contribution in [0.4, 0.5) is 5.69 Å². The molecule has 2 aromatic rings. The molecule has 1 N–H and O–H groups in total. The number of rotatable bonds is 4. The fraction of sp³-hybridized carbons (Fsp3) is 0.333. The molecule has 1 fully saturated rings. The van der Waals surface area contributed by atoms with Crippen molar-refractivity contribution in [1.82, 2.24) is 5.32 Å². The van der Waals surface area contributed by atoms with Gasteiger partial charge in [-0.05, 0) is 24.6 Å². The highest BCUT2D eigenvalue weighted by molar-refractivity contribution is 5.85. The van der Waals surface area contributed by atoms with Crippen LogP contribution in [0.2, 0.25) is 0 Å². The number of hydrogen-bond acceptors (Lipinski definition) is 3. The first-order valence-corrected chi connectivity index (χ1v) is 7.57. The highest BCUT2D eigenvalue weighted by Crippen LogP contribution is 2.24. The maximum absolute atomic E-state index is 5.92. The van der Waals surface area contributed by atoms with E-state index in [1.54, 1.807) is 0 Å². The summed E-state index contributed by atoms with van der Waals surface area (Å²) in [7, 11) is 0.